The van der Waals surface area contributed by atoms with Crippen LogP contribution in [0.25, 0.3) is 0 Å². The molecule has 0 aromatic carbocycles. The maximum absolute atomic E-state index is 15.9. The van der Waals surface area contributed by atoms with Crippen molar-refractivity contribution in [1.82, 2.24) is 26.2 Å². The third kappa shape index (κ3) is 6.37. The Kier molecular flexibility index (Phi) is 10.1. The topological polar surface area (TPSA) is 165 Å². The lowest BCUT2D eigenvalue weighted by Crippen LogP contribution is -2.60. The van der Waals surface area contributed by atoms with E-state index < -0.39 is 81.8 Å². The zero-order valence-electron chi connectivity index (χ0n) is 21.9. The highest BCUT2D eigenvalue weighted by Gasteiger charge is 2.55. The second-order valence-corrected chi connectivity index (χ2v) is 13.0. The lowest BCUT2D eigenvalue weighted by Gasteiger charge is -2.45. The number of amides is 1. The highest BCUT2D eigenvalue weighted by molar-refractivity contribution is 7.90. The van der Waals surface area contributed by atoms with E-state index in [1.54, 1.807) is 0 Å². The van der Waals surface area contributed by atoms with Crippen molar-refractivity contribution in [3.05, 3.63) is 0 Å². The lowest BCUT2D eigenvalue weighted by molar-refractivity contribution is -0.124. The van der Waals surface area contributed by atoms with E-state index >= 15 is 13.2 Å². The monoisotopic (exact) mass is 580 g/mol. The smallest absolute Gasteiger partial charge is 0.238 e. The molecule has 222 valence electrons. The number of fused-ring (bicyclic) bond motifs is 1. The molecule has 4 aliphatic rings. The number of hydrazine groups is 1. The van der Waals surface area contributed by atoms with Gasteiger partial charge in [0, 0.05) is 44.6 Å². The summed E-state index contributed by atoms with van der Waals surface area (Å²) >= 11 is 0. The van der Waals surface area contributed by atoms with E-state index in [2.05, 4.69) is 26.2 Å². The zero-order chi connectivity index (χ0) is 28.3. The van der Waals surface area contributed by atoms with E-state index in [0.717, 1.165) is 0 Å². The van der Waals surface area contributed by atoms with Gasteiger partial charge in [-0.1, -0.05) is 0 Å². The number of alkyl halides is 3. The largest absolute Gasteiger partial charge is 0.396 e. The van der Waals surface area contributed by atoms with Crippen molar-refractivity contribution in [1.29, 1.82) is 5.26 Å². The Labute approximate surface area is 227 Å². The number of rotatable bonds is 9. The molecule has 2 aliphatic carbocycles. The highest BCUT2D eigenvalue weighted by atomic mass is 32.2. The van der Waals surface area contributed by atoms with Gasteiger partial charge in [-0.05, 0) is 38.5 Å². The van der Waals surface area contributed by atoms with E-state index in [-0.39, 0.29) is 51.3 Å². The molecule has 2 saturated heterocycles. The molecule has 1 amide bonds. The molecule has 12 unspecified atom stereocenters. The van der Waals surface area contributed by atoms with Gasteiger partial charge in [-0.2, -0.15) is 5.26 Å². The van der Waals surface area contributed by atoms with E-state index in [0.29, 0.717) is 12.8 Å². The summed E-state index contributed by atoms with van der Waals surface area (Å²) in [6.45, 7) is 0.463. The van der Waals surface area contributed by atoms with Gasteiger partial charge in [0.2, 0.25) is 15.9 Å². The number of methoxy groups -OCH3 is 1. The molecule has 4 rings (SSSR count). The second-order valence-electron chi connectivity index (χ2n) is 11.1. The third-order valence-corrected chi connectivity index (χ3v) is 10.7. The number of aliphatic hydroxyl groups is 1. The predicted octanol–water partition coefficient (Wildman–Crippen LogP) is -0.457. The Morgan fingerprint density at radius 2 is 1.87 bits per heavy atom. The van der Waals surface area contributed by atoms with E-state index in [1.165, 1.54) is 7.11 Å². The van der Waals surface area contributed by atoms with Crippen molar-refractivity contribution in [3.8, 4) is 6.07 Å². The van der Waals surface area contributed by atoms with Crippen LogP contribution in [0, 0.1) is 35.0 Å². The number of aliphatic hydroxyl groups excluding tert-OH is 1. The second kappa shape index (κ2) is 13.0. The maximum atomic E-state index is 15.9. The van der Waals surface area contributed by atoms with Crippen molar-refractivity contribution < 1.29 is 36.2 Å². The van der Waals surface area contributed by atoms with Gasteiger partial charge in [-0.15, -0.1) is 0 Å². The number of hydrogen-bond donors (Lipinski definition) is 6. The number of sulfonamides is 1. The summed E-state index contributed by atoms with van der Waals surface area (Å²) in [7, 11) is -2.84. The first-order valence-electron chi connectivity index (χ1n) is 13.6. The summed E-state index contributed by atoms with van der Waals surface area (Å²) in [5.41, 5.74) is 5.61. The number of nitrogens with zero attached hydrogens (tertiary/aromatic N) is 1. The van der Waals surface area contributed by atoms with Gasteiger partial charge >= 0.3 is 0 Å². The van der Waals surface area contributed by atoms with Crippen LogP contribution in [0.4, 0.5) is 13.2 Å². The first kappa shape index (κ1) is 30.4. The zero-order valence-corrected chi connectivity index (χ0v) is 22.7. The van der Waals surface area contributed by atoms with Crippen molar-refractivity contribution in [2.75, 3.05) is 26.8 Å². The molecule has 15 heteroatoms. The maximum Gasteiger partial charge on any atom is 0.238 e. The summed E-state index contributed by atoms with van der Waals surface area (Å²) in [5, 5.41) is 22.6. The molecule has 0 radical (unpaired) electrons. The molecule has 0 aromatic rings. The minimum absolute atomic E-state index is 0.00182. The number of piperidine rings is 1. The van der Waals surface area contributed by atoms with Crippen molar-refractivity contribution in [2.45, 2.75) is 86.6 Å². The van der Waals surface area contributed by atoms with Gasteiger partial charge in [0.25, 0.3) is 0 Å². The Morgan fingerprint density at radius 3 is 2.56 bits per heavy atom. The average Bonchev–Trinajstić information content (AvgIpc) is 3.36. The van der Waals surface area contributed by atoms with Crippen LogP contribution in [0.5, 0.6) is 0 Å². The molecule has 11 nitrogen and oxygen atoms in total. The van der Waals surface area contributed by atoms with Crippen LogP contribution < -0.4 is 26.2 Å². The molecule has 4 fully saturated rings. The van der Waals surface area contributed by atoms with Crippen LogP contribution in [-0.4, -0.2) is 94.4 Å². The number of carbonyl (C=O) groups is 1. The number of nitrogens with one attached hydrogen (secondary N) is 5. The Bertz CT molecular complexity index is 1010. The van der Waals surface area contributed by atoms with Gasteiger partial charge in [0.05, 0.1) is 24.1 Å². The summed E-state index contributed by atoms with van der Waals surface area (Å²) in [6.07, 6.45) is -5.44. The molecule has 6 N–H and O–H groups in total. The summed E-state index contributed by atoms with van der Waals surface area (Å²) in [6, 6.07) is -0.735. The highest BCUT2D eigenvalue weighted by Crippen LogP contribution is 2.45. The molecule has 2 saturated carbocycles. The number of carbonyl (C=O) groups excluding carboxylic acids is 1. The van der Waals surface area contributed by atoms with E-state index in [1.807, 2.05) is 6.07 Å². The molecular weight excluding hydrogens is 541 g/mol. The molecule has 0 bridgehead atoms. The Hall–Kier alpha value is -1.54. The van der Waals surface area contributed by atoms with E-state index in [4.69, 9.17) is 9.84 Å². The molecular formula is C24H39F3N6O5S. The standard InChI is InChI=1S/C24H39F3N6O5S/c1-38-24-17(9-12(10-28)11-30-24)39(36,37)33-16-6-5-15(25)18(20(16)27)13-3-4-14-21(19(13)26)31-32-22(14)23(35)29-7-2-8-34/h12-22,24,30-34H,2-9,11H2,1H3,(H,29,35). The quantitative estimate of drug-likeness (QED) is 0.198. The fourth-order valence-electron chi connectivity index (χ4n) is 6.73. The summed E-state index contributed by atoms with van der Waals surface area (Å²) < 4.78 is 81.1. The van der Waals surface area contributed by atoms with Crippen LogP contribution in [0.2, 0.25) is 0 Å². The molecule has 39 heavy (non-hydrogen) atoms. The minimum Gasteiger partial charge on any atom is -0.396 e. The van der Waals surface area contributed by atoms with Crippen molar-refractivity contribution in [2.24, 2.45) is 23.7 Å². The van der Waals surface area contributed by atoms with Crippen LogP contribution in [-0.2, 0) is 19.6 Å². The SMILES string of the molecule is COC1NCC(C#N)CC1S(=O)(=O)NC1CCC(F)C(C2CCC3C(C(=O)NCCCO)NNC3C2F)C1F. The Morgan fingerprint density at radius 1 is 1.13 bits per heavy atom. The predicted molar refractivity (Wildman–Crippen MR) is 134 cm³/mol. The number of halogens is 3. The van der Waals surface area contributed by atoms with Crippen molar-refractivity contribution in [3.63, 3.8) is 0 Å². The van der Waals surface area contributed by atoms with Gasteiger partial charge in [-0.3, -0.25) is 15.5 Å². The molecule has 12 atom stereocenters. The van der Waals surface area contributed by atoms with Crippen LogP contribution in [0.15, 0.2) is 0 Å². The van der Waals surface area contributed by atoms with Crippen LogP contribution >= 0.6 is 0 Å². The molecule has 0 spiro atoms. The average molecular weight is 581 g/mol. The fourth-order valence-corrected chi connectivity index (χ4v) is 8.59. The summed E-state index contributed by atoms with van der Waals surface area (Å²) in [4.78, 5) is 12.5. The lowest BCUT2D eigenvalue weighted by atomic mass is 9.65. The number of hydrogen-bond acceptors (Lipinski definition) is 9. The van der Waals surface area contributed by atoms with Gasteiger partial charge < -0.3 is 15.2 Å². The van der Waals surface area contributed by atoms with Crippen LogP contribution in [0.1, 0.15) is 38.5 Å². The third-order valence-electron chi connectivity index (χ3n) is 8.79. The van der Waals surface area contributed by atoms with Crippen molar-refractivity contribution >= 4 is 15.9 Å². The normalized spacial score (nSPS) is 42.9. The van der Waals surface area contributed by atoms with Crippen LogP contribution in [0.3, 0.4) is 0 Å². The van der Waals surface area contributed by atoms with E-state index in [9.17, 15) is 18.5 Å². The molecule has 2 aliphatic heterocycles. The number of nitriles is 1. The first-order chi connectivity index (χ1) is 18.6. The number of ether oxygens (including phenoxy) is 1. The Balaban J connectivity index is 1.43. The fraction of sp³-hybridized carbons (Fsp3) is 0.917. The minimum atomic E-state index is -4.17. The van der Waals surface area contributed by atoms with Gasteiger partial charge in [0.15, 0.2) is 0 Å². The molecule has 0 aromatic heterocycles. The summed E-state index contributed by atoms with van der Waals surface area (Å²) in [5.74, 6) is -3.67. The first-order valence-corrected chi connectivity index (χ1v) is 15.2. The van der Waals surface area contributed by atoms with Gasteiger partial charge in [-0.25, -0.2) is 31.7 Å². The van der Waals surface area contributed by atoms with Gasteiger partial charge in [0.1, 0.15) is 36.0 Å². The molecule has 2 heterocycles.